The van der Waals surface area contributed by atoms with Gasteiger partial charge in [0.15, 0.2) is 5.82 Å². The van der Waals surface area contributed by atoms with Crippen LogP contribution < -0.4 is 15.3 Å². The van der Waals surface area contributed by atoms with Gasteiger partial charge in [0, 0.05) is 10.4 Å². The van der Waals surface area contributed by atoms with Crippen LogP contribution in [0.5, 0.6) is 5.75 Å². The van der Waals surface area contributed by atoms with Gasteiger partial charge in [-0.15, -0.1) is 11.3 Å². The fourth-order valence-electron chi connectivity index (χ4n) is 2.42. The molecule has 1 aromatic carbocycles. The number of aliphatic carboxylic acids is 1. The molecule has 7 nitrogen and oxygen atoms in total. The number of fused-ring (bicyclic) bond motifs is 1. The number of nitrogens with zero attached hydrogens (tertiary/aromatic N) is 3. The quantitative estimate of drug-likeness (QED) is 0.528. The first kappa shape index (κ1) is 17.8. The molecule has 1 N–H and O–H groups in total. The number of benzene rings is 1. The molecule has 3 rings (SSSR count). The van der Waals surface area contributed by atoms with Crippen molar-refractivity contribution in [2.45, 2.75) is 20.8 Å². The fourth-order valence-corrected chi connectivity index (χ4v) is 3.42. The third kappa shape index (κ3) is 3.80. The van der Waals surface area contributed by atoms with Crippen molar-refractivity contribution < 1.29 is 14.6 Å². The molecule has 3 aromatic rings. The van der Waals surface area contributed by atoms with Crippen LogP contribution in [-0.4, -0.2) is 28.3 Å². The first-order valence-corrected chi connectivity index (χ1v) is 8.71. The number of rotatable bonds is 6. The van der Waals surface area contributed by atoms with E-state index in [0.717, 1.165) is 21.3 Å². The summed E-state index contributed by atoms with van der Waals surface area (Å²) < 4.78 is 5.14. The molecule has 0 aliphatic rings. The Morgan fingerprint density at radius 2 is 2.15 bits per heavy atom. The van der Waals surface area contributed by atoms with Gasteiger partial charge in [-0.3, -0.25) is 5.43 Å². The standard InChI is InChI=1S/C18H18N4O3S/c1-10-12(3)26-18-16(10)17(19-9-20-18)22-21-11(2)13-5-4-6-14(7-13)25-8-15(23)24/h4-7,9H,8H2,1-3H3,(H,23,24)(H,19,20,22)/p-1/b21-11-. The maximum absolute atomic E-state index is 10.5. The van der Waals surface area contributed by atoms with Gasteiger partial charge in [-0.05, 0) is 38.5 Å². The first-order valence-electron chi connectivity index (χ1n) is 7.90. The lowest BCUT2D eigenvalue weighted by molar-refractivity contribution is -0.307. The number of aromatic nitrogens is 2. The van der Waals surface area contributed by atoms with Crippen LogP contribution in [0.15, 0.2) is 35.7 Å². The summed E-state index contributed by atoms with van der Waals surface area (Å²) in [4.78, 5) is 21.2. The molecule has 134 valence electrons. The summed E-state index contributed by atoms with van der Waals surface area (Å²) in [7, 11) is 0. The number of aryl methyl sites for hydroxylation is 2. The largest absolute Gasteiger partial charge is 0.546 e. The molecule has 2 heterocycles. The van der Waals surface area contributed by atoms with Gasteiger partial charge in [-0.1, -0.05) is 12.1 Å². The summed E-state index contributed by atoms with van der Waals surface area (Å²) in [6.45, 7) is 5.44. The second kappa shape index (κ2) is 7.49. The summed E-state index contributed by atoms with van der Waals surface area (Å²) in [5.74, 6) is -0.174. The SMILES string of the molecule is C/C(=N/Nc1ncnc2sc(C)c(C)c12)c1cccc(OCC(=O)[O-])c1. The minimum Gasteiger partial charge on any atom is -0.546 e. The van der Waals surface area contributed by atoms with E-state index in [9.17, 15) is 9.90 Å². The number of thiophene rings is 1. The molecular formula is C18H17N4O3S-. The van der Waals surface area contributed by atoms with Crippen LogP contribution in [0.4, 0.5) is 5.82 Å². The monoisotopic (exact) mass is 369 g/mol. The van der Waals surface area contributed by atoms with Crippen LogP contribution >= 0.6 is 11.3 Å². The van der Waals surface area contributed by atoms with E-state index in [0.29, 0.717) is 17.3 Å². The van der Waals surface area contributed by atoms with E-state index in [4.69, 9.17) is 4.74 Å². The summed E-state index contributed by atoms with van der Waals surface area (Å²) in [6, 6.07) is 7.04. The van der Waals surface area contributed by atoms with Crippen molar-refractivity contribution in [2.75, 3.05) is 12.0 Å². The molecule has 0 amide bonds. The number of carbonyl (C=O) groups excluding carboxylic acids is 1. The predicted octanol–water partition coefficient (Wildman–Crippen LogP) is 2.27. The number of hydrazone groups is 1. The fraction of sp³-hybridized carbons (Fsp3) is 0.222. The van der Waals surface area contributed by atoms with Gasteiger partial charge < -0.3 is 14.6 Å². The summed E-state index contributed by atoms with van der Waals surface area (Å²) in [5, 5.41) is 15.9. The normalized spacial score (nSPS) is 11.6. The van der Waals surface area contributed by atoms with Crippen molar-refractivity contribution in [3.63, 3.8) is 0 Å². The Morgan fingerprint density at radius 3 is 2.92 bits per heavy atom. The van der Waals surface area contributed by atoms with Crippen LogP contribution in [0.1, 0.15) is 22.9 Å². The number of hydrogen-bond acceptors (Lipinski definition) is 8. The minimum absolute atomic E-state index is 0.440. The van der Waals surface area contributed by atoms with Gasteiger partial charge in [0.1, 0.15) is 23.5 Å². The van der Waals surface area contributed by atoms with E-state index in [-0.39, 0.29) is 0 Å². The first-order chi connectivity index (χ1) is 12.5. The third-order valence-electron chi connectivity index (χ3n) is 3.90. The number of carbonyl (C=O) groups is 1. The van der Waals surface area contributed by atoms with Gasteiger partial charge >= 0.3 is 0 Å². The van der Waals surface area contributed by atoms with Crippen molar-refractivity contribution >= 4 is 39.1 Å². The van der Waals surface area contributed by atoms with Gasteiger partial charge in [0.05, 0.1) is 17.1 Å². The van der Waals surface area contributed by atoms with Crippen LogP contribution in [-0.2, 0) is 4.79 Å². The molecule has 2 aromatic heterocycles. The van der Waals surface area contributed by atoms with Gasteiger partial charge in [0.25, 0.3) is 0 Å². The van der Waals surface area contributed by atoms with E-state index < -0.39 is 12.6 Å². The van der Waals surface area contributed by atoms with Crippen molar-refractivity contribution in [2.24, 2.45) is 5.10 Å². The molecule has 0 bridgehead atoms. The number of hydrogen-bond donors (Lipinski definition) is 1. The molecule has 0 saturated heterocycles. The highest BCUT2D eigenvalue weighted by Crippen LogP contribution is 2.32. The second-order valence-electron chi connectivity index (χ2n) is 5.68. The lowest BCUT2D eigenvalue weighted by Crippen LogP contribution is -2.28. The van der Waals surface area contributed by atoms with Crippen LogP contribution in [0.2, 0.25) is 0 Å². The summed E-state index contributed by atoms with van der Waals surface area (Å²) in [5.41, 5.74) is 5.66. The Balaban J connectivity index is 1.83. The lowest BCUT2D eigenvalue weighted by Gasteiger charge is -2.09. The number of carboxylic acid groups (broad SMARTS) is 1. The van der Waals surface area contributed by atoms with Gasteiger partial charge in [-0.25, -0.2) is 9.97 Å². The Labute approximate surface area is 154 Å². The maximum Gasteiger partial charge on any atom is 0.158 e. The zero-order valence-electron chi connectivity index (χ0n) is 14.6. The average molecular weight is 369 g/mol. The van der Waals surface area contributed by atoms with Crippen molar-refractivity contribution in [3.8, 4) is 5.75 Å². The van der Waals surface area contributed by atoms with Gasteiger partial charge in [-0.2, -0.15) is 5.10 Å². The molecule has 0 saturated carbocycles. The van der Waals surface area contributed by atoms with E-state index in [1.165, 1.54) is 11.2 Å². The maximum atomic E-state index is 10.5. The van der Waals surface area contributed by atoms with E-state index >= 15 is 0 Å². The highest BCUT2D eigenvalue weighted by atomic mass is 32.1. The summed E-state index contributed by atoms with van der Waals surface area (Å²) in [6.07, 6.45) is 1.51. The third-order valence-corrected chi connectivity index (χ3v) is 5.02. The lowest BCUT2D eigenvalue weighted by atomic mass is 10.1. The molecule has 0 aliphatic heterocycles. The zero-order chi connectivity index (χ0) is 18.7. The van der Waals surface area contributed by atoms with E-state index in [1.54, 1.807) is 29.5 Å². The van der Waals surface area contributed by atoms with Crippen molar-refractivity contribution in [3.05, 3.63) is 46.6 Å². The molecule has 0 aliphatic carbocycles. The molecular weight excluding hydrogens is 352 g/mol. The molecule has 0 radical (unpaired) electrons. The average Bonchev–Trinajstić information content (AvgIpc) is 2.93. The number of anilines is 1. The Kier molecular flexibility index (Phi) is 5.13. The molecule has 0 unspecified atom stereocenters. The molecule has 0 spiro atoms. The van der Waals surface area contributed by atoms with Crippen molar-refractivity contribution in [1.82, 2.24) is 9.97 Å². The Bertz CT molecular complexity index is 997. The predicted molar refractivity (Wildman–Crippen MR) is 99.7 cm³/mol. The molecule has 8 heteroatoms. The highest BCUT2D eigenvalue weighted by molar-refractivity contribution is 7.18. The second-order valence-corrected chi connectivity index (χ2v) is 6.89. The van der Waals surface area contributed by atoms with E-state index in [2.05, 4.69) is 27.4 Å². The van der Waals surface area contributed by atoms with Crippen LogP contribution in [0.25, 0.3) is 10.2 Å². The van der Waals surface area contributed by atoms with Crippen LogP contribution in [0.3, 0.4) is 0 Å². The molecule has 0 atom stereocenters. The number of ether oxygens (including phenoxy) is 1. The number of carboxylic acids is 1. The summed E-state index contributed by atoms with van der Waals surface area (Å²) >= 11 is 1.62. The molecule has 26 heavy (non-hydrogen) atoms. The topological polar surface area (TPSA) is 99.5 Å². The molecule has 0 fully saturated rings. The van der Waals surface area contributed by atoms with E-state index in [1.807, 2.05) is 19.9 Å². The minimum atomic E-state index is -1.27. The van der Waals surface area contributed by atoms with Crippen LogP contribution in [0, 0.1) is 13.8 Å². The van der Waals surface area contributed by atoms with Crippen molar-refractivity contribution in [1.29, 1.82) is 0 Å². The number of nitrogens with one attached hydrogen (secondary N) is 1. The van der Waals surface area contributed by atoms with Gasteiger partial charge in [0.2, 0.25) is 0 Å². The smallest absolute Gasteiger partial charge is 0.158 e. The Morgan fingerprint density at radius 1 is 1.35 bits per heavy atom. The zero-order valence-corrected chi connectivity index (χ0v) is 15.4. The highest BCUT2D eigenvalue weighted by Gasteiger charge is 2.11. The Hall–Kier alpha value is -3.00.